The lowest BCUT2D eigenvalue weighted by atomic mass is 9.92. The largest absolute Gasteiger partial charge is 0.591 e. The molecule has 0 aromatic heterocycles. The standard InChI is InChI=1S/C14H18BrNO2S/c1-9(2)19(17)16-12-8-14(3,4)18-13-6-5-10(15)7-11(12)13/h5-7,9H,8H2,1-4H3/b16-12+/t19-/m1/s1. The summed E-state index contributed by atoms with van der Waals surface area (Å²) in [6.45, 7) is 7.86. The molecule has 1 heterocycles. The van der Waals surface area contributed by atoms with Crippen LogP contribution in [0.25, 0.3) is 0 Å². The summed E-state index contributed by atoms with van der Waals surface area (Å²) in [5.41, 5.74) is 1.48. The van der Waals surface area contributed by atoms with Crippen molar-refractivity contribution < 1.29 is 9.29 Å². The molecule has 0 N–H and O–H groups in total. The van der Waals surface area contributed by atoms with Gasteiger partial charge in [0.15, 0.2) is 0 Å². The predicted octanol–water partition coefficient (Wildman–Crippen LogP) is 3.87. The molecule has 0 amide bonds. The molecule has 0 spiro atoms. The van der Waals surface area contributed by atoms with Crippen LogP contribution in [-0.4, -0.2) is 21.1 Å². The highest BCUT2D eigenvalue weighted by atomic mass is 79.9. The van der Waals surface area contributed by atoms with Gasteiger partial charge in [0.25, 0.3) is 0 Å². The van der Waals surface area contributed by atoms with Gasteiger partial charge in [-0.15, -0.1) is 0 Å². The van der Waals surface area contributed by atoms with Gasteiger partial charge in [0.2, 0.25) is 0 Å². The van der Waals surface area contributed by atoms with Crippen molar-refractivity contribution in [1.29, 1.82) is 0 Å². The minimum absolute atomic E-state index is 0.0223. The van der Waals surface area contributed by atoms with Crippen LogP contribution >= 0.6 is 15.9 Å². The number of ether oxygens (including phenoxy) is 1. The van der Waals surface area contributed by atoms with E-state index in [-0.39, 0.29) is 10.9 Å². The van der Waals surface area contributed by atoms with E-state index in [0.717, 1.165) is 21.5 Å². The summed E-state index contributed by atoms with van der Waals surface area (Å²) in [4.78, 5) is 0. The van der Waals surface area contributed by atoms with E-state index in [0.29, 0.717) is 6.42 Å². The average Bonchev–Trinajstić information content (AvgIpc) is 2.29. The SMILES string of the molecule is CC(C)[S@@+]([O-])/N=C1\CC(C)(C)Oc2ccc(Br)cc21. The molecule has 3 nitrogen and oxygen atoms in total. The highest BCUT2D eigenvalue weighted by molar-refractivity contribution is 9.10. The molecule has 0 unspecified atom stereocenters. The Hall–Kier alpha value is -0.520. The minimum Gasteiger partial charge on any atom is -0.591 e. The fraction of sp³-hybridized carbons (Fsp3) is 0.500. The molecule has 0 bridgehead atoms. The molecule has 1 aliphatic rings. The second-order valence-electron chi connectivity index (χ2n) is 5.54. The first-order valence-electron chi connectivity index (χ1n) is 6.26. The quantitative estimate of drug-likeness (QED) is 0.765. The van der Waals surface area contributed by atoms with E-state index in [2.05, 4.69) is 20.3 Å². The topological polar surface area (TPSA) is 44.7 Å². The number of halogens is 1. The van der Waals surface area contributed by atoms with Gasteiger partial charge in [-0.3, -0.25) is 0 Å². The fourth-order valence-electron chi connectivity index (χ4n) is 1.94. The summed E-state index contributed by atoms with van der Waals surface area (Å²) in [5.74, 6) is 0.805. The van der Waals surface area contributed by atoms with E-state index in [1.54, 1.807) is 0 Å². The van der Waals surface area contributed by atoms with Crippen LogP contribution < -0.4 is 4.74 Å². The lowest BCUT2D eigenvalue weighted by Gasteiger charge is -2.33. The van der Waals surface area contributed by atoms with Gasteiger partial charge < -0.3 is 9.29 Å². The molecule has 0 aliphatic carbocycles. The Morgan fingerprint density at radius 3 is 2.74 bits per heavy atom. The number of hydrogen-bond donors (Lipinski definition) is 0. The normalized spacial score (nSPS) is 21.1. The van der Waals surface area contributed by atoms with Crippen LogP contribution in [0, 0.1) is 0 Å². The van der Waals surface area contributed by atoms with Gasteiger partial charge in [-0.25, -0.2) is 0 Å². The van der Waals surface area contributed by atoms with Gasteiger partial charge in [-0.05, 0) is 45.9 Å². The second-order valence-corrected chi connectivity index (χ2v) is 8.14. The number of benzene rings is 1. The highest BCUT2D eigenvalue weighted by Gasteiger charge is 2.33. The molecule has 19 heavy (non-hydrogen) atoms. The summed E-state index contributed by atoms with van der Waals surface area (Å²) in [7, 11) is 0. The third-order valence-electron chi connectivity index (χ3n) is 2.84. The molecule has 0 fully saturated rings. The molecule has 1 atom stereocenters. The van der Waals surface area contributed by atoms with Crippen LogP contribution in [0.2, 0.25) is 0 Å². The van der Waals surface area contributed by atoms with Gasteiger partial charge >= 0.3 is 0 Å². The zero-order valence-corrected chi connectivity index (χ0v) is 14.0. The van der Waals surface area contributed by atoms with Crippen LogP contribution in [0.1, 0.15) is 39.7 Å². The summed E-state index contributed by atoms with van der Waals surface area (Å²) in [6, 6.07) is 5.84. The maximum Gasteiger partial charge on any atom is 0.137 e. The number of hydrogen-bond acceptors (Lipinski definition) is 3. The van der Waals surface area contributed by atoms with Crippen molar-refractivity contribution >= 4 is 33.0 Å². The van der Waals surface area contributed by atoms with E-state index >= 15 is 0 Å². The molecule has 0 radical (unpaired) electrons. The highest BCUT2D eigenvalue weighted by Crippen LogP contribution is 2.35. The van der Waals surface area contributed by atoms with E-state index < -0.39 is 11.4 Å². The van der Waals surface area contributed by atoms with Gasteiger partial charge in [-0.2, -0.15) is 0 Å². The molecular weight excluding hydrogens is 326 g/mol. The Bertz CT molecular complexity index is 514. The molecule has 0 saturated carbocycles. The van der Waals surface area contributed by atoms with Gasteiger partial charge in [-0.1, -0.05) is 20.3 Å². The first-order valence-corrected chi connectivity index (χ1v) is 8.22. The van der Waals surface area contributed by atoms with Crippen molar-refractivity contribution in [2.75, 3.05) is 0 Å². The van der Waals surface area contributed by atoms with Crippen molar-refractivity contribution in [1.82, 2.24) is 0 Å². The van der Waals surface area contributed by atoms with Crippen molar-refractivity contribution in [2.24, 2.45) is 4.40 Å². The van der Waals surface area contributed by atoms with Crippen LogP contribution in [-0.2, 0) is 11.4 Å². The lowest BCUT2D eigenvalue weighted by molar-refractivity contribution is 0.111. The van der Waals surface area contributed by atoms with Crippen LogP contribution in [0.5, 0.6) is 5.75 Å². The van der Waals surface area contributed by atoms with Crippen LogP contribution in [0.3, 0.4) is 0 Å². The molecule has 5 heteroatoms. The summed E-state index contributed by atoms with van der Waals surface area (Å²) >= 11 is 2.26. The number of nitrogens with zero attached hydrogens (tertiary/aromatic N) is 1. The van der Waals surface area contributed by atoms with Crippen molar-refractivity contribution in [3.8, 4) is 5.75 Å². The first kappa shape index (κ1) is 14.9. The predicted molar refractivity (Wildman–Crippen MR) is 83.3 cm³/mol. The Labute approximate surface area is 125 Å². The van der Waals surface area contributed by atoms with Crippen LogP contribution in [0.15, 0.2) is 27.1 Å². The molecule has 1 aromatic carbocycles. The van der Waals surface area contributed by atoms with Crippen molar-refractivity contribution in [2.45, 2.75) is 45.0 Å². The van der Waals surface area contributed by atoms with E-state index in [1.165, 1.54) is 0 Å². The molecular formula is C14H18BrNO2S. The molecule has 104 valence electrons. The lowest BCUT2D eigenvalue weighted by Crippen LogP contribution is -2.36. The molecule has 0 saturated heterocycles. The third-order valence-corrected chi connectivity index (χ3v) is 4.54. The second kappa shape index (κ2) is 5.46. The average molecular weight is 344 g/mol. The smallest absolute Gasteiger partial charge is 0.137 e. The zero-order valence-electron chi connectivity index (χ0n) is 11.6. The van der Waals surface area contributed by atoms with E-state index in [9.17, 15) is 4.55 Å². The zero-order chi connectivity index (χ0) is 14.2. The number of fused-ring (bicyclic) bond motifs is 1. The maximum atomic E-state index is 12.0. The van der Waals surface area contributed by atoms with E-state index in [1.807, 2.05) is 45.9 Å². The number of rotatable bonds is 2. The molecule has 1 aliphatic heterocycles. The monoisotopic (exact) mass is 343 g/mol. The van der Waals surface area contributed by atoms with Crippen molar-refractivity contribution in [3.05, 3.63) is 28.2 Å². The summed E-state index contributed by atoms with van der Waals surface area (Å²) in [5, 5.41) is 0.0223. The molecule has 2 rings (SSSR count). The Morgan fingerprint density at radius 2 is 2.11 bits per heavy atom. The first-order chi connectivity index (χ1) is 8.78. The maximum absolute atomic E-state index is 12.0. The van der Waals surface area contributed by atoms with Gasteiger partial charge in [0.1, 0.15) is 22.3 Å². The van der Waals surface area contributed by atoms with Crippen molar-refractivity contribution in [3.63, 3.8) is 0 Å². The third kappa shape index (κ3) is 3.52. The summed E-state index contributed by atoms with van der Waals surface area (Å²) in [6.07, 6.45) is 0.662. The van der Waals surface area contributed by atoms with Crippen LogP contribution in [0.4, 0.5) is 0 Å². The fourth-order valence-corrected chi connectivity index (χ4v) is 2.90. The van der Waals surface area contributed by atoms with Gasteiger partial charge in [0, 0.05) is 16.5 Å². The Balaban J connectivity index is 2.47. The Kier molecular flexibility index (Phi) is 4.28. The summed E-state index contributed by atoms with van der Waals surface area (Å²) < 4.78 is 23.3. The molecule has 1 aromatic rings. The minimum atomic E-state index is -1.20. The van der Waals surface area contributed by atoms with E-state index in [4.69, 9.17) is 4.74 Å². The Morgan fingerprint density at radius 1 is 1.42 bits per heavy atom. The van der Waals surface area contributed by atoms with Gasteiger partial charge in [0.05, 0.1) is 11.4 Å².